The molecule has 0 bridgehead atoms. The van der Waals surface area contributed by atoms with Crippen molar-refractivity contribution in [3.63, 3.8) is 0 Å². The minimum atomic E-state index is 0.589. The number of hydrogen-bond acceptors (Lipinski definition) is 5. The molecule has 0 fully saturated rings. The maximum absolute atomic E-state index is 4.05. The minimum absolute atomic E-state index is 0.589. The molecule has 1 aromatic heterocycles. The molecule has 1 heterocycles. The second-order valence-corrected chi connectivity index (χ2v) is 5.30. The van der Waals surface area contributed by atoms with Gasteiger partial charge in [-0.2, -0.15) is 16.4 Å². The van der Waals surface area contributed by atoms with Crippen LogP contribution in [-0.4, -0.2) is 38.3 Å². The Morgan fingerprint density at radius 1 is 1.33 bits per heavy atom. The minimum Gasteiger partial charge on any atom is -0.309 e. The lowest BCUT2D eigenvalue weighted by molar-refractivity contribution is 0.639. The second-order valence-electron chi connectivity index (χ2n) is 4.02. The number of tetrazole rings is 1. The zero-order valence-electron chi connectivity index (χ0n) is 10.6. The molecule has 96 valence electrons. The van der Waals surface area contributed by atoms with Gasteiger partial charge in [-0.05, 0) is 28.8 Å². The summed E-state index contributed by atoms with van der Waals surface area (Å²) in [6.07, 6.45) is 2.11. The zero-order valence-corrected chi connectivity index (χ0v) is 11.4. The Hall–Kier alpha value is -1.40. The van der Waals surface area contributed by atoms with Crippen LogP contribution < -0.4 is 5.32 Å². The molecule has 0 radical (unpaired) electrons. The predicted octanol–water partition coefficient (Wildman–Crippen LogP) is 1.50. The first-order chi connectivity index (χ1) is 8.81. The van der Waals surface area contributed by atoms with Crippen molar-refractivity contribution < 1.29 is 0 Å². The number of aromatic nitrogens is 4. The van der Waals surface area contributed by atoms with Gasteiger partial charge in [0.15, 0.2) is 5.82 Å². The molecule has 0 amide bonds. The molecule has 0 saturated carbocycles. The van der Waals surface area contributed by atoms with Crippen LogP contribution in [-0.2, 0) is 6.54 Å². The Balaban J connectivity index is 2.00. The van der Waals surface area contributed by atoms with Gasteiger partial charge < -0.3 is 5.32 Å². The molecule has 5 nitrogen and oxygen atoms in total. The molecular formula is C12H17N5S. The lowest BCUT2D eigenvalue weighted by Crippen LogP contribution is -2.23. The van der Waals surface area contributed by atoms with Gasteiger partial charge in [-0.1, -0.05) is 25.1 Å². The number of rotatable bonds is 6. The molecule has 0 aliphatic heterocycles. The highest BCUT2D eigenvalue weighted by Crippen LogP contribution is 2.07. The molecule has 6 heteroatoms. The van der Waals surface area contributed by atoms with Crippen molar-refractivity contribution in [3.05, 3.63) is 36.2 Å². The van der Waals surface area contributed by atoms with E-state index in [4.69, 9.17) is 0 Å². The van der Waals surface area contributed by atoms with Gasteiger partial charge in [0.1, 0.15) is 0 Å². The number of para-hydroxylation sites is 1. The van der Waals surface area contributed by atoms with Crippen LogP contribution in [0.3, 0.4) is 0 Å². The van der Waals surface area contributed by atoms with Gasteiger partial charge in [0, 0.05) is 11.8 Å². The van der Waals surface area contributed by atoms with Crippen LogP contribution in [0.2, 0.25) is 0 Å². The molecule has 0 aliphatic rings. The largest absolute Gasteiger partial charge is 0.309 e. The monoisotopic (exact) mass is 263 g/mol. The van der Waals surface area contributed by atoms with Crippen molar-refractivity contribution in [2.45, 2.75) is 18.7 Å². The van der Waals surface area contributed by atoms with Crippen LogP contribution in [0.15, 0.2) is 30.3 Å². The van der Waals surface area contributed by atoms with Crippen LogP contribution in [0, 0.1) is 0 Å². The summed E-state index contributed by atoms with van der Waals surface area (Å²) < 4.78 is 1.76. The van der Waals surface area contributed by atoms with Gasteiger partial charge in [0.25, 0.3) is 0 Å². The number of nitrogens with zero attached hydrogens (tertiary/aromatic N) is 4. The number of benzene rings is 1. The van der Waals surface area contributed by atoms with Crippen molar-refractivity contribution in [1.82, 2.24) is 25.5 Å². The van der Waals surface area contributed by atoms with E-state index < -0.39 is 0 Å². The van der Waals surface area contributed by atoms with Crippen molar-refractivity contribution in [3.8, 4) is 5.69 Å². The Kier molecular flexibility index (Phi) is 4.72. The summed E-state index contributed by atoms with van der Waals surface area (Å²) in [5, 5.41) is 15.8. The van der Waals surface area contributed by atoms with E-state index in [1.807, 2.05) is 42.1 Å². The van der Waals surface area contributed by atoms with Crippen molar-refractivity contribution in [1.29, 1.82) is 0 Å². The fourth-order valence-corrected chi connectivity index (χ4v) is 1.84. The molecule has 0 saturated heterocycles. The topological polar surface area (TPSA) is 55.6 Å². The first-order valence-electron chi connectivity index (χ1n) is 5.87. The van der Waals surface area contributed by atoms with Gasteiger partial charge in [-0.3, -0.25) is 0 Å². The Morgan fingerprint density at radius 3 is 2.83 bits per heavy atom. The summed E-state index contributed by atoms with van der Waals surface area (Å²) in [7, 11) is 0. The van der Waals surface area contributed by atoms with Crippen molar-refractivity contribution in [2.75, 3.05) is 12.8 Å². The Labute approximate surface area is 111 Å². The highest BCUT2D eigenvalue weighted by atomic mass is 32.2. The van der Waals surface area contributed by atoms with E-state index in [9.17, 15) is 0 Å². The molecule has 18 heavy (non-hydrogen) atoms. The third-order valence-electron chi connectivity index (χ3n) is 2.65. The van der Waals surface area contributed by atoms with E-state index >= 15 is 0 Å². The van der Waals surface area contributed by atoms with Gasteiger partial charge in [0.05, 0.1) is 12.2 Å². The summed E-state index contributed by atoms with van der Waals surface area (Å²) in [6, 6.07) is 9.91. The van der Waals surface area contributed by atoms with Crippen LogP contribution in [0.4, 0.5) is 0 Å². The molecule has 0 aliphatic carbocycles. The molecule has 1 aromatic carbocycles. The quantitative estimate of drug-likeness (QED) is 0.856. The molecule has 1 atom stereocenters. The van der Waals surface area contributed by atoms with E-state index in [-0.39, 0.29) is 0 Å². The summed E-state index contributed by atoms with van der Waals surface area (Å²) in [5.74, 6) is 0.828. The molecular weight excluding hydrogens is 246 g/mol. The Morgan fingerprint density at radius 2 is 2.11 bits per heavy atom. The zero-order chi connectivity index (χ0) is 12.8. The molecule has 2 rings (SSSR count). The molecule has 0 spiro atoms. The van der Waals surface area contributed by atoms with E-state index in [0.29, 0.717) is 11.8 Å². The molecule has 1 unspecified atom stereocenters. The smallest absolute Gasteiger partial charge is 0.170 e. The summed E-state index contributed by atoms with van der Waals surface area (Å²) in [5.41, 5.74) is 0.984. The predicted molar refractivity (Wildman–Crippen MR) is 73.8 cm³/mol. The van der Waals surface area contributed by atoms with Gasteiger partial charge in [-0.15, -0.1) is 5.10 Å². The lowest BCUT2D eigenvalue weighted by atomic mass is 10.3. The van der Waals surface area contributed by atoms with Crippen LogP contribution in [0.1, 0.15) is 12.7 Å². The maximum Gasteiger partial charge on any atom is 0.170 e. The summed E-state index contributed by atoms with van der Waals surface area (Å²) in [4.78, 5) is 0. The van der Waals surface area contributed by atoms with E-state index in [1.54, 1.807) is 4.68 Å². The fraction of sp³-hybridized carbons (Fsp3) is 0.417. The third kappa shape index (κ3) is 3.30. The van der Waals surface area contributed by atoms with Gasteiger partial charge in [0.2, 0.25) is 0 Å². The van der Waals surface area contributed by atoms with Gasteiger partial charge >= 0.3 is 0 Å². The first-order valence-corrected chi connectivity index (χ1v) is 7.16. The molecule has 2 aromatic rings. The summed E-state index contributed by atoms with van der Waals surface area (Å²) in [6.45, 7) is 3.81. The third-order valence-corrected chi connectivity index (χ3v) is 3.62. The lowest BCUT2D eigenvalue weighted by Gasteiger charge is -2.09. The van der Waals surface area contributed by atoms with Crippen LogP contribution in [0.5, 0.6) is 0 Å². The highest BCUT2D eigenvalue weighted by Gasteiger charge is 2.07. The second kappa shape index (κ2) is 6.51. The normalized spacial score (nSPS) is 12.6. The van der Waals surface area contributed by atoms with Crippen molar-refractivity contribution in [2.24, 2.45) is 0 Å². The van der Waals surface area contributed by atoms with Crippen molar-refractivity contribution >= 4 is 11.8 Å². The van der Waals surface area contributed by atoms with Crippen LogP contribution in [0.25, 0.3) is 5.69 Å². The maximum atomic E-state index is 4.05. The average Bonchev–Trinajstić information content (AvgIpc) is 2.88. The highest BCUT2D eigenvalue weighted by molar-refractivity contribution is 7.99. The first kappa shape index (κ1) is 13.0. The van der Waals surface area contributed by atoms with E-state index in [0.717, 1.165) is 18.1 Å². The summed E-state index contributed by atoms with van der Waals surface area (Å²) >= 11 is 1.84. The standard InChI is InChI=1S/C12H17N5S/c1-10(18-2)8-13-9-12-14-15-16-17(12)11-6-4-3-5-7-11/h3-7,10,13H,8-9H2,1-2H3. The van der Waals surface area contributed by atoms with E-state index in [2.05, 4.69) is 34.0 Å². The Bertz CT molecular complexity index is 470. The number of hydrogen-bond donors (Lipinski definition) is 1. The van der Waals surface area contributed by atoms with Crippen LogP contribution >= 0.6 is 11.8 Å². The SMILES string of the molecule is CSC(C)CNCc1nnnn1-c1ccccc1. The van der Waals surface area contributed by atoms with E-state index in [1.165, 1.54) is 0 Å². The fourth-order valence-electron chi connectivity index (χ4n) is 1.56. The molecule has 1 N–H and O–H groups in total. The average molecular weight is 263 g/mol. The number of thioether (sulfide) groups is 1. The van der Waals surface area contributed by atoms with Gasteiger partial charge in [-0.25, -0.2) is 0 Å². The number of nitrogens with one attached hydrogen (secondary N) is 1.